The Morgan fingerprint density at radius 1 is 1.00 bits per heavy atom. The average Bonchev–Trinajstić information content (AvgIpc) is 2.37. The van der Waals surface area contributed by atoms with E-state index in [2.05, 4.69) is 24.3 Å². The van der Waals surface area contributed by atoms with Crippen molar-refractivity contribution in [3.8, 4) is 11.5 Å². The zero-order chi connectivity index (χ0) is 11.7. The molecule has 2 aromatic rings. The highest BCUT2D eigenvalue weighted by Crippen LogP contribution is 2.48. The molecular formula is C15H12OS. The lowest BCUT2D eigenvalue weighted by molar-refractivity contribution is 0.454. The van der Waals surface area contributed by atoms with Crippen molar-refractivity contribution in [1.29, 1.82) is 0 Å². The van der Waals surface area contributed by atoms with Crippen molar-refractivity contribution in [2.75, 3.05) is 0 Å². The molecule has 0 saturated heterocycles. The molecule has 1 nitrogen and oxygen atoms in total. The van der Waals surface area contributed by atoms with E-state index in [4.69, 9.17) is 4.74 Å². The predicted molar refractivity (Wildman–Crippen MR) is 71.8 cm³/mol. The lowest BCUT2D eigenvalue weighted by Crippen LogP contribution is -1.96. The van der Waals surface area contributed by atoms with E-state index >= 15 is 0 Å². The number of allylic oxidation sites excluding steroid dienone is 1. The highest BCUT2D eigenvalue weighted by Gasteiger charge is 2.18. The molecule has 0 saturated carbocycles. The minimum atomic E-state index is 0.947. The first kappa shape index (κ1) is 10.5. The van der Waals surface area contributed by atoms with Crippen LogP contribution < -0.4 is 4.74 Å². The van der Waals surface area contributed by atoms with Gasteiger partial charge in [-0.25, -0.2) is 0 Å². The largest absolute Gasteiger partial charge is 0.455 e. The summed E-state index contributed by atoms with van der Waals surface area (Å²) in [7, 11) is 0. The van der Waals surface area contributed by atoms with Gasteiger partial charge < -0.3 is 4.74 Å². The molecule has 2 aromatic carbocycles. The van der Waals surface area contributed by atoms with Crippen LogP contribution in [0.2, 0.25) is 0 Å². The Bertz CT molecular complexity index is 587. The van der Waals surface area contributed by atoms with Gasteiger partial charge in [0.2, 0.25) is 0 Å². The Kier molecular flexibility index (Phi) is 2.65. The van der Waals surface area contributed by atoms with Crippen LogP contribution in [0.3, 0.4) is 0 Å². The fourth-order valence-corrected chi connectivity index (χ4v) is 2.92. The van der Waals surface area contributed by atoms with Crippen LogP contribution in [0.5, 0.6) is 11.5 Å². The summed E-state index contributed by atoms with van der Waals surface area (Å²) in [5.74, 6) is 1.90. The highest BCUT2D eigenvalue weighted by molar-refractivity contribution is 7.99. The SMILES string of the molecule is C/C=C/c1cccc2c1Sc1ccccc1O2. The van der Waals surface area contributed by atoms with Gasteiger partial charge in [0.25, 0.3) is 0 Å². The number of para-hydroxylation sites is 1. The zero-order valence-corrected chi connectivity index (χ0v) is 10.3. The molecule has 2 heteroatoms. The van der Waals surface area contributed by atoms with E-state index in [1.807, 2.05) is 37.3 Å². The first-order valence-electron chi connectivity index (χ1n) is 5.59. The summed E-state index contributed by atoms with van der Waals surface area (Å²) < 4.78 is 5.91. The average molecular weight is 240 g/mol. The molecule has 1 heterocycles. The summed E-state index contributed by atoms with van der Waals surface area (Å²) in [4.78, 5) is 2.38. The molecule has 0 bridgehead atoms. The molecule has 0 fully saturated rings. The minimum Gasteiger partial charge on any atom is -0.455 e. The van der Waals surface area contributed by atoms with Crippen LogP contribution >= 0.6 is 11.8 Å². The number of hydrogen-bond acceptors (Lipinski definition) is 2. The number of benzene rings is 2. The summed E-state index contributed by atoms with van der Waals surface area (Å²) >= 11 is 1.77. The molecule has 0 amide bonds. The molecule has 0 aliphatic carbocycles. The second-order valence-corrected chi connectivity index (χ2v) is 4.88. The molecule has 0 unspecified atom stereocenters. The second-order valence-electron chi connectivity index (χ2n) is 3.83. The molecule has 3 rings (SSSR count). The van der Waals surface area contributed by atoms with Gasteiger partial charge in [-0.05, 0) is 30.7 Å². The maximum absolute atomic E-state index is 5.91. The molecule has 0 radical (unpaired) electrons. The second kappa shape index (κ2) is 4.30. The number of hydrogen-bond donors (Lipinski definition) is 0. The predicted octanol–water partition coefficient (Wildman–Crippen LogP) is 4.98. The van der Waals surface area contributed by atoms with E-state index in [0.717, 1.165) is 11.5 Å². The molecule has 0 N–H and O–H groups in total. The maximum atomic E-state index is 5.91. The van der Waals surface area contributed by atoms with Crippen molar-refractivity contribution in [2.24, 2.45) is 0 Å². The fraction of sp³-hybridized carbons (Fsp3) is 0.0667. The van der Waals surface area contributed by atoms with E-state index in [1.165, 1.54) is 15.4 Å². The molecule has 0 spiro atoms. The Morgan fingerprint density at radius 3 is 2.71 bits per heavy atom. The third kappa shape index (κ3) is 1.85. The quantitative estimate of drug-likeness (QED) is 0.593. The van der Waals surface area contributed by atoms with Crippen LogP contribution in [0.15, 0.2) is 58.3 Å². The Hall–Kier alpha value is -1.67. The van der Waals surface area contributed by atoms with Gasteiger partial charge in [0, 0.05) is 0 Å². The first-order valence-corrected chi connectivity index (χ1v) is 6.40. The van der Waals surface area contributed by atoms with Crippen molar-refractivity contribution in [3.63, 3.8) is 0 Å². The smallest absolute Gasteiger partial charge is 0.142 e. The highest BCUT2D eigenvalue weighted by atomic mass is 32.2. The van der Waals surface area contributed by atoms with Crippen LogP contribution in [-0.4, -0.2) is 0 Å². The van der Waals surface area contributed by atoms with Gasteiger partial charge in [0.1, 0.15) is 11.5 Å². The molecule has 0 atom stereocenters. The molecule has 0 aromatic heterocycles. The van der Waals surface area contributed by atoms with Gasteiger partial charge >= 0.3 is 0 Å². The standard InChI is InChI=1S/C15H12OS/c1-2-6-11-7-5-9-13-15(11)17-14-10-4-3-8-12(14)16-13/h2-10H,1H3/b6-2+. The van der Waals surface area contributed by atoms with Crippen molar-refractivity contribution in [1.82, 2.24) is 0 Å². The summed E-state index contributed by atoms with van der Waals surface area (Å²) in [6.45, 7) is 2.03. The monoisotopic (exact) mass is 240 g/mol. The van der Waals surface area contributed by atoms with Crippen LogP contribution in [0, 0.1) is 0 Å². The first-order chi connectivity index (χ1) is 8.38. The summed E-state index contributed by atoms with van der Waals surface area (Å²) in [5.41, 5.74) is 1.21. The van der Waals surface area contributed by atoms with Gasteiger partial charge in [-0.2, -0.15) is 0 Å². The molecule has 1 aliphatic rings. The fourth-order valence-electron chi connectivity index (χ4n) is 1.88. The van der Waals surface area contributed by atoms with Crippen molar-refractivity contribution in [2.45, 2.75) is 16.7 Å². The van der Waals surface area contributed by atoms with Gasteiger partial charge in [-0.1, -0.05) is 48.2 Å². The number of rotatable bonds is 1. The van der Waals surface area contributed by atoms with Gasteiger partial charge in [0.05, 0.1) is 9.79 Å². The summed E-state index contributed by atoms with van der Waals surface area (Å²) in [6, 6.07) is 14.3. The third-order valence-corrected chi connectivity index (χ3v) is 3.83. The summed E-state index contributed by atoms with van der Waals surface area (Å²) in [5, 5.41) is 0. The van der Waals surface area contributed by atoms with Gasteiger partial charge in [-0.3, -0.25) is 0 Å². The molecule has 1 aliphatic heterocycles. The van der Waals surface area contributed by atoms with E-state index in [1.54, 1.807) is 11.8 Å². The van der Waals surface area contributed by atoms with Crippen LogP contribution in [0.1, 0.15) is 12.5 Å². The lowest BCUT2D eigenvalue weighted by Gasteiger charge is -2.20. The van der Waals surface area contributed by atoms with E-state index in [-0.39, 0.29) is 0 Å². The minimum absolute atomic E-state index is 0.947. The van der Waals surface area contributed by atoms with E-state index < -0.39 is 0 Å². The van der Waals surface area contributed by atoms with Gasteiger partial charge in [-0.15, -0.1) is 0 Å². The normalized spacial score (nSPS) is 13.0. The topological polar surface area (TPSA) is 9.23 Å². The van der Waals surface area contributed by atoms with Crippen molar-refractivity contribution >= 4 is 17.8 Å². The molecule has 84 valence electrons. The zero-order valence-electron chi connectivity index (χ0n) is 9.51. The number of ether oxygens (including phenoxy) is 1. The van der Waals surface area contributed by atoms with Crippen LogP contribution in [0.25, 0.3) is 6.08 Å². The van der Waals surface area contributed by atoms with Crippen LogP contribution in [-0.2, 0) is 0 Å². The Balaban J connectivity index is 2.11. The Morgan fingerprint density at radius 2 is 1.82 bits per heavy atom. The van der Waals surface area contributed by atoms with Crippen molar-refractivity contribution in [3.05, 3.63) is 54.1 Å². The molecular weight excluding hydrogens is 228 g/mol. The van der Waals surface area contributed by atoms with Gasteiger partial charge in [0.15, 0.2) is 0 Å². The van der Waals surface area contributed by atoms with E-state index in [9.17, 15) is 0 Å². The maximum Gasteiger partial charge on any atom is 0.142 e. The molecule has 17 heavy (non-hydrogen) atoms. The van der Waals surface area contributed by atoms with Crippen molar-refractivity contribution < 1.29 is 4.74 Å². The van der Waals surface area contributed by atoms with E-state index in [0.29, 0.717) is 0 Å². The summed E-state index contributed by atoms with van der Waals surface area (Å²) in [6.07, 6.45) is 4.17. The van der Waals surface area contributed by atoms with Crippen LogP contribution in [0.4, 0.5) is 0 Å². The number of fused-ring (bicyclic) bond motifs is 2. The Labute approximate surface area is 105 Å². The lowest BCUT2D eigenvalue weighted by atomic mass is 10.2. The third-order valence-electron chi connectivity index (χ3n) is 2.64.